The Bertz CT molecular complexity index is 1030. The Kier molecular flexibility index (Phi) is 7.13. The summed E-state index contributed by atoms with van der Waals surface area (Å²) in [6, 6.07) is 16.5. The summed E-state index contributed by atoms with van der Waals surface area (Å²) < 4.78 is 10.8. The van der Waals surface area contributed by atoms with Crippen molar-refractivity contribution in [2.24, 2.45) is 0 Å². The zero-order valence-corrected chi connectivity index (χ0v) is 17.8. The van der Waals surface area contributed by atoms with E-state index in [1.807, 2.05) is 43.3 Å². The third-order valence-corrected chi connectivity index (χ3v) is 5.23. The molecule has 0 saturated carbocycles. The number of carbonyl (C=O) groups is 2. The van der Waals surface area contributed by atoms with Crippen molar-refractivity contribution >= 4 is 35.1 Å². The van der Waals surface area contributed by atoms with Gasteiger partial charge >= 0.3 is 0 Å². The van der Waals surface area contributed by atoms with E-state index in [-0.39, 0.29) is 17.6 Å². The fourth-order valence-electron chi connectivity index (χ4n) is 2.58. The predicted molar refractivity (Wildman–Crippen MR) is 118 cm³/mol. The Morgan fingerprint density at radius 3 is 2.63 bits per heavy atom. The van der Waals surface area contributed by atoms with Gasteiger partial charge in [-0.1, -0.05) is 29.4 Å². The summed E-state index contributed by atoms with van der Waals surface area (Å²) in [6.45, 7) is 5.46. The number of hydrogen-bond acceptors (Lipinski definition) is 6. The number of amides is 2. The number of ether oxygens (including phenoxy) is 1. The highest BCUT2D eigenvalue weighted by Crippen LogP contribution is 2.30. The number of nitrogens with one attached hydrogen (secondary N) is 2. The van der Waals surface area contributed by atoms with Gasteiger partial charge in [0.2, 0.25) is 11.8 Å². The number of carbonyl (C=O) groups excluding carboxylic acids is 2. The third kappa shape index (κ3) is 6.12. The van der Waals surface area contributed by atoms with Crippen molar-refractivity contribution in [3.05, 3.63) is 65.9 Å². The Labute approximate surface area is 179 Å². The van der Waals surface area contributed by atoms with Crippen molar-refractivity contribution in [1.29, 1.82) is 0 Å². The number of anilines is 2. The first-order valence-corrected chi connectivity index (χ1v) is 10.4. The first kappa shape index (κ1) is 21.4. The van der Waals surface area contributed by atoms with Crippen LogP contribution in [0.1, 0.15) is 18.2 Å². The van der Waals surface area contributed by atoms with Crippen LogP contribution in [0.2, 0.25) is 0 Å². The van der Waals surface area contributed by atoms with Crippen molar-refractivity contribution in [2.75, 3.05) is 16.4 Å². The number of rotatable bonds is 8. The van der Waals surface area contributed by atoms with Gasteiger partial charge in [0.25, 0.3) is 0 Å². The van der Waals surface area contributed by atoms with Gasteiger partial charge in [-0.05, 0) is 50.6 Å². The van der Waals surface area contributed by atoms with Crippen LogP contribution in [0.25, 0.3) is 0 Å². The average Bonchev–Trinajstić information content (AvgIpc) is 3.12. The van der Waals surface area contributed by atoms with E-state index in [9.17, 15) is 9.59 Å². The highest BCUT2D eigenvalue weighted by atomic mass is 32.2. The molecule has 2 N–H and O–H groups in total. The normalized spacial score (nSPS) is 11.6. The molecule has 0 radical (unpaired) electrons. The summed E-state index contributed by atoms with van der Waals surface area (Å²) in [6.07, 6.45) is 0. The molecule has 0 aliphatic rings. The van der Waals surface area contributed by atoms with Crippen molar-refractivity contribution in [1.82, 2.24) is 5.16 Å². The van der Waals surface area contributed by atoms with Crippen LogP contribution in [0.3, 0.4) is 0 Å². The van der Waals surface area contributed by atoms with Gasteiger partial charge in [-0.2, -0.15) is 0 Å². The SMILES string of the molecule is Cc1cccc(Oc2ccccc2NC(=O)CSC(C)C(=O)Nc2cc(C)on2)c1. The van der Waals surface area contributed by atoms with Crippen LogP contribution in [0, 0.1) is 13.8 Å². The molecule has 0 bridgehead atoms. The van der Waals surface area contributed by atoms with E-state index in [4.69, 9.17) is 9.26 Å². The summed E-state index contributed by atoms with van der Waals surface area (Å²) in [4.78, 5) is 24.6. The molecule has 2 amide bonds. The van der Waals surface area contributed by atoms with Crippen molar-refractivity contribution in [3.63, 3.8) is 0 Å². The molecule has 7 nitrogen and oxygen atoms in total. The lowest BCUT2D eigenvalue weighted by Gasteiger charge is -2.13. The van der Waals surface area contributed by atoms with Gasteiger partial charge in [0, 0.05) is 6.07 Å². The van der Waals surface area contributed by atoms with Crippen LogP contribution in [-0.4, -0.2) is 28.0 Å². The number of thioether (sulfide) groups is 1. The van der Waals surface area contributed by atoms with E-state index in [1.54, 1.807) is 32.0 Å². The van der Waals surface area contributed by atoms with Gasteiger partial charge in [0.1, 0.15) is 11.5 Å². The molecule has 0 saturated heterocycles. The molecule has 0 spiro atoms. The molecular weight excluding hydrogens is 402 g/mol. The van der Waals surface area contributed by atoms with Crippen molar-refractivity contribution in [3.8, 4) is 11.5 Å². The summed E-state index contributed by atoms with van der Waals surface area (Å²) in [5.74, 6) is 1.85. The molecule has 1 heterocycles. The molecule has 1 aromatic heterocycles. The summed E-state index contributed by atoms with van der Waals surface area (Å²) in [7, 11) is 0. The minimum atomic E-state index is -0.438. The Hall–Kier alpha value is -3.26. The minimum absolute atomic E-state index is 0.116. The molecule has 8 heteroatoms. The largest absolute Gasteiger partial charge is 0.455 e. The highest BCUT2D eigenvalue weighted by molar-refractivity contribution is 8.01. The number of para-hydroxylation sites is 2. The van der Waals surface area contributed by atoms with Crippen molar-refractivity contribution < 1.29 is 18.8 Å². The molecule has 0 aliphatic carbocycles. The molecule has 0 fully saturated rings. The van der Waals surface area contributed by atoms with Crippen LogP contribution < -0.4 is 15.4 Å². The predicted octanol–water partition coefficient (Wildman–Crippen LogP) is 4.78. The Morgan fingerprint density at radius 2 is 1.90 bits per heavy atom. The van der Waals surface area contributed by atoms with E-state index in [0.29, 0.717) is 28.8 Å². The molecule has 0 aliphatic heterocycles. The molecule has 30 heavy (non-hydrogen) atoms. The molecule has 1 atom stereocenters. The van der Waals surface area contributed by atoms with Crippen LogP contribution in [0.5, 0.6) is 11.5 Å². The van der Waals surface area contributed by atoms with Crippen LogP contribution in [0.4, 0.5) is 11.5 Å². The lowest BCUT2D eigenvalue weighted by atomic mass is 10.2. The highest BCUT2D eigenvalue weighted by Gasteiger charge is 2.17. The number of benzene rings is 2. The zero-order chi connectivity index (χ0) is 21.5. The second-order valence-electron chi connectivity index (χ2n) is 6.73. The maximum Gasteiger partial charge on any atom is 0.238 e. The van der Waals surface area contributed by atoms with Gasteiger partial charge in [-0.3, -0.25) is 9.59 Å². The zero-order valence-electron chi connectivity index (χ0n) is 17.0. The monoisotopic (exact) mass is 425 g/mol. The van der Waals surface area contributed by atoms with Gasteiger partial charge in [-0.25, -0.2) is 0 Å². The molecule has 1 unspecified atom stereocenters. The van der Waals surface area contributed by atoms with Gasteiger partial charge < -0.3 is 19.9 Å². The van der Waals surface area contributed by atoms with Crippen LogP contribution >= 0.6 is 11.8 Å². The van der Waals surface area contributed by atoms with Gasteiger partial charge in [0.05, 0.1) is 16.7 Å². The van der Waals surface area contributed by atoms with Gasteiger partial charge in [-0.15, -0.1) is 11.8 Å². The molecule has 156 valence electrons. The maximum absolute atomic E-state index is 12.4. The molecular formula is C22H23N3O4S. The number of aryl methyl sites for hydroxylation is 2. The molecule has 3 aromatic rings. The van der Waals surface area contributed by atoms with Gasteiger partial charge in [0.15, 0.2) is 11.6 Å². The number of nitrogens with zero attached hydrogens (tertiary/aromatic N) is 1. The first-order chi connectivity index (χ1) is 14.4. The summed E-state index contributed by atoms with van der Waals surface area (Å²) in [5, 5.41) is 8.80. The van der Waals surface area contributed by atoms with E-state index in [1.165, 1.54) is 11.8 Å². The average molecular weight is 426 g/mol. The molecule has 3 rings (SSSR count). The smallest absolute Gasteiger partial charge is 0.238 e. The second kappa shape index (κ2) is 9.98. The molecule has 2 aromatic carbocycles. The standard InChI is InChI=1S/C22H23N3O4S/c1-14-7-6-8-17(11-14)28-19-10-5-4-9-18(19)23-21(26)13-30-16(3)22(27)24-20-12-15(2)29-25-20/h4-12,16H,13H2,1-3H3,(H,23,26)(H,24,25,27). The maximum atomic E-state index is 12.4. The lowest BCUT2D eigenvalue weighted by Crippen LogP contribution is -2.25. The lowest BCUT2D eigenvalue weighted by molar-refractivity contribution is -0.115. The summed E-state index contributed by atoms with van der Waals surface area (Å²) >= 11 is 1.23. The minimum Gasteiger partial charge on any atom is -0.455 e. The van der Waals surface area contributed by atoms with E-state index in [0.717, 1.165) is 5.56 Å². The number of hydrogen-bond donors (Lipinski definition) is 2. The van der Waals surface area contributed by atoms with Crippen LogP contribution in [0.15, 0.2) is 59.1 Å². The third-order valence-electron chi connectivity index (χ3n) is 4.09. The Balaban J connectivity index is 1.54. The van der Waals surface area contributed by atoms with Crippen molar-refractivity contribution in [2.45, 2.75) is 26.0 Å². The van der Waals surface area contributed by atoms with Crippen LogP contribution in [-0.2, 0) is 9.59 Å². The first-order valence-electron chi connectivity index (χ1n) is 9.40. The van der Waals surface area contributed by atoms with E-state index >= 15 is 0 Å². The quantitative estimate of drug-likeness (QED) is 0.539. The fraction of sp³-hybridized carbons (Fsp3) is 0.227. The fourth-order valence-corrected chi connectivity index (χ4v) is 3.26. The summed E-state index contributed by atoms with van der Waals surface area (Å²) in [5.41, 5.74) is 1.65. The second-order valence-corrected chi connectivity index (χ2v) is 8.06. The van der Waals surface area contributed by atoms with E-state index < -0.39 is 5.25 Å². The Morgan fingerprint density at radius 1 is 1.10 bits per heavy atom. The topological polar surface area (TPSA) is 93.5 Å². The van der Waals surface area contributed by atoms with E-state index in [2.05, 4.69) is 15.8 Å². The number of aromatic nitrogens is 1.